The summed E-state index contributed by atoms with van der Waals surface area (Å²) in [6.07, 6.45) is 0.669. The van der Waals surface area contributed by atoms with Gasteiger partial charge in [-0.05, 0) is 42.5 Å². The van der Waals surface area contributed by atoms with E-state index < -0.39 is 5.97 Å². The lowest BCUT2D eigenvalue weighted by Crippen LogP contribution is -2.12. The Balaban J connectivity index is 2.17. The normalized spacial score (nSPS) is 10.5. The Kier molecular flexibility index (Phi) is 5.65. The fourth-order valence-corrected chi connectivity index (χ4v) is 3.67. The molecule has 2 aromatic carbocycles. The molecule has 3 rings (SSSR count). The Morgan fingerprint density at radius 3 is 2.29 bits per heavy atom. The van der Waals surface area contributed by atoms with E-state index in [0.29, 0.717) is 30.0 Å². The third kappa shape index (κ3) is 3.32. The highest BCUT2D eigenvalue weighted by Gasteiger charge is 2.26. The van der Waals surface area contributed by atoms with Crippen molar-refractivity contribution in [2.24, 2.45) is 7.05 Å². The van der Waals surface area contributed by atoms with Gasteiger partial charge < -0.3 is 9.30 Å². The van der Waals surface area contributed by atoms with Crippen molar-refractivity contribution in [3.63, 3.8) is 0 Å². The number of hydrogen-bond acceptors (Lipinski definition) is 2. The van der Waals surface area contributed by atoms with Gasteiger partial charge in [0.25, 0.3) is 0 Å². The zero-order chi connectivity index (χ0) is 20.3. The molecule has 0 bridgehead atoms. The fraction of sp³-hybridized carbons (Fsp3) is 0.250. The number of esters is 1. The van der Waals surface area contributed by atoms with E-state index in [1.54, 1.807) is 11.5 Å². The van der Waals surface area contributed by atoms with Gasteiger partial charge in [0.05, 0.1) is 13.2 Å². The fourth-order valence-electron chi connectivity index (χ4n) is 3.67. The number of nitrogens with zero attached hydrogens (tertiary/aromatic N) is 2. The summed E-state index contributed by atoms with van der Waals surface area (Å²) in [5.41, 5.74) is 6.80. The van der Waals surface area contributed by atoms with Crippen LogP contribution in [0.1, 0.15) is 35.6 Å². The van der Waals surface area contributed by atoms with Gasteiger partial charge in [-0.25, -0.2) is 9.64 Å². The summed E-state index contributed by atoms with van der Waals surface area (Å²) >= 11 is 0. The molecule has 0 fully saturated rings. The molecule has 0 radical (unpaired) electrons. The average Bonchev–Trinajstić information content (AvgIpc) is 3.00. The third-order valence-corrected chi connectivity index (χ3v) is 5.03. The predicted octanol–water partition coefficient (Wildman–Crippen LogP) is 5.96. The number of aromatic nitrogens is 1. The summed E-state index contributed by atoms with van der Waals surface area (Å²) in [4.78, 5) is 16.4. The van der Waals surface area contributed by atoms with Crippen molar-refractivity contribution >= 4 is 11.7 Å². The number of ether oxygens (including phenoxy) is 1. The quantitative estimate of drug-likeness (QED) is 0.409. The van der Waals surface area contributed by atoms with Crippen molar-refractivity contribution in [3.05, 3.63) is 76.9 Å². The van der Waals surface area contributed by atoms with E-state index in [4.69, 9.17) is 11.3 Å². The monoisotopic (exact) mass is 372 g/mol. The van der Waals surface area contributed by atoms with E-state index in [9.17, 15) is 4.79 Å². The van der Waals surface area contributed by atoms with Gasteiger partial charge in [-0.3, -0.25) is 0 Å². The number of aryl methyl sites for hydroxylation is 1. The molecule has 3 aromatic rings. The molecule has 4 nitrogen and oxygen atoms in total. The Labute approximate surface area is 166 Å². The van der Waals surface area contributed by atoms with Crippen molar-refractivity contribution in [1.82, 2.24) is 4.57 Å². The van der Waals surface area contributed by atoms with Crippen LogP contribution >= 0.6 is 0 Å². The van der Waals surface area contributed by atoms with Crippen LogP contribution in [-0.4, -0.2) is 17.1 Å². The second-order valence-electron chi connectivity index (χ2n) is 6.66. The Hall–Kier alpha value is -3.32. The van der Waals surface area contributed by atoms with Crippen LogP contribution in [0, 0.1) is 13.5 Å². The second kappa shape index (κ2) is 8.14. The van der Waals surface area contributed by atoms with Crippen molar-refractivity contribution in [2.75, 3.05) is 6.61 Å². The maximum absolute atomic E-state index is 12.6. The van der Waals surface area contributed by atoms with Crippen LogP contribution in [0.5, 0.6) is 0 Å². The first-order chi connectivity index (χ1) is 13.5. The molecule has 0 N–H and O–H groups in total. The number of rotatable bonds is 5. The molecule has 0 amide bonds. The molecule has 0 aliphatic heterocycles. The van der Waals surface area contributed by atoms with Gasteiger partial charge in [-0.2, -0.15) is 0 Å². The largest absolute Gasteiger partial charge is 0.461 e. The average molecular weight is 372 g/mol. The molecular weight excluding hydrogens is 348 g/mol. The summed E-state index contributed by atoms with van der Waals surface area (Å²) in [5.74, 6) is -0.396. The first-order valence-corrected chi connectivity index (χ1v) is 9.46. The SMILES string of the molecule is [C-]#[N+]c1c(-c2ccc(-c3ccccc3C)cc2)c(C(=O)OCC)n(C)c1CC. The molecule has 28 heavy (non-hydrogen) atoms. The molecule has 0 spiro atoms. The van der Waals surface area contributed by atoms with Crippen LogP contribution in [0.4, 0.5) is 5.69 Å². The first kappa shape index (κ1) is 19.4. The van der Waals surface area contributed by atoms with Crippen LogP contribution in [0.25, 0.3) is 27.1 Å². The summed E-state index contributed by atoms with van der Waals surface area (Å²) in [5, 5.41) is 0. The van der Waals surface area contributed by atoms with Gasteiger partial charge in [0.1, 0.15) is 5.69 Å². The number of carbonyl (C=O) groups excluding carboxylic acids is 1. The van der Waals surface area contributed by atoms with Crippen LogP contribution in [0.15, 0.2) is 48.5 Å². The maximum atomic E-state index is 12.6. The highest BCUT2D eigenvalue weighted by molar-refractivity contribution is 6.01. The van der Waals surface area contributed by atoms with Gasteiger partial charge in [0.2, 0.25) is 5.69 Å². The lowest BCUT2D eigenvalue weighted by atomic mass is 9.97. The summed E-state index contributed by atoms with van der Waals surface area (Å²) < 4.78 is 7.08. The lowest BCUT2D eigenvalue weighted by molar-refractivity contribution is 0.0516. The van der Waals surface area contributed by atoms with E-state index in [0.717, 1.165) is 16.8 Å². The number of benzene rings is 2. The third-order valence-electron chi connectivity index (χ3n) is 5.03. The van der Waals surface area contributed by atoms with Gasteiger partial charge in [0.15, 0.2) is 0 Å². The van der Waals surface area contributed by atoms with E-state index in [1.807, 2.05) is 50.4 Å². The first-order valence-electron chi connectivity index (χ1n) is 9.46. The van der Waals surface area contributed by atoms with Gasteiger partial charge >= 0.3 is 5.97 Å². The summed E-state index contributed by atoms with van der Waals surface area (Å²) in [6.45, 7) is 13.9. The molecule has 142 valence electrons. The van der Waals surface area contributed by atoms with Crippen LogP contribution in [-0.2, 0) is 18.2 Å². The molecule has 0 aliphatic carbocycles. The molecular formula is C24H24N2O2. The molecule has 0 saturated carbocycles. The molecule has 1 aromatic heterocycles. The van der Waals surface area contributed by atoms with Crippen LogP contribution in [0.2, 0.25) is 0 Å². The number of carbonyl (C=O) groups is 1. The minimum absolute atomic E-state index is 0.296. The second-order valence-corrected chi connectivity index (χ2v) is 6.66. The van der Waals surface area contributed by atoms with E-state index >= 15 is 0 Å². The lowest BCUT2D eigenvalue weighted by Gasteiger charge is -2.10. The minimum atomic E-state index is -0.396. The van der Waals surface area contributed by atoms with Gasteiger partial charge in [-0.1, -0.05) is 55.5 Å². The molecule has 0 saturated heterocycles. The maximum Gasteiger partial charge on any atom is 0.354 e. The zero-order valence-electron chi connectivity index (χ0n) is 16.7. The van der Waals surface area contributed by atoms with Crippen molar-refractivity contribution in [3.8, 4) is 22.3 Å². The molecule has 0 aliphatic rings. The van der Waals surface area contributed by atoms with E-state index in [1.165, 1.54) is 11.1 Å². The van der Waals surface area contributed by atoms with Crippen LogP contribution < -0.4 is 0 Å². The molecule has 4 heteroatoms. The molecule has 1 heterocycles. The topological polar surface area (TPSA) is 35.6 Å². The Morgan fingerprint density at radius 1 is 1.07 bits per heavy atom. The highest BCUT2D eigenvalue weighted by atomic mass is 16.5. The van der Waals surface area contributed by atoms with Gasteiger partial charge in [0, 0.05) is 18.3 Å². The Morgan fingerprint density at radius 2 is 1.71 bits per heavy atom. The van der Waals surface area contributed by atoms with Crippen LogP contribution in [0.3, 0.4) is 0 Å². The van der Waals surface area contributed by atoms with Crippen molar-refractivity contribution in [1.29, 1.82) is 0 Å². The van der Waals surface area contributed by atoms with Crippen molar-refractivity contribution < 1.29 is 9.53 Å². The smallest absolute Gasteiger partial charge is 0.354 e. The Bertz CT molecular complexity index is 1050. The van der Waals surface area contributed by atoms with Crippen molar-refractivity contribution in [2.45, 2.75) is 27.2 Å². The minimum Gasteiger partial charge on any atom is -0.461 e. The summed E-state index contributed by atoms with van der Waals surface area (Å²) in [7, 11) is 1.82. The summed E-state index contributed by atoms with van der Waals surface area (Å²) in [6, 6.07) is 16.3. The van der Waals surface area contributed by atoms with E-state index in [2.05, 4.69) is 23.9 Å². The predicted molar refractivity (Wildman–Crippen MR) is 113 cm³/mol. The van der Waals surface area contributed by atoms with E-state index in [-0.39, 0.29) is 0 Å². The number of hydrogen-bond donors (Lipinski definition) is 0. The zero-order valence-corrected chi connectivity index (χ0v) is 16.7. The molecule has 0 unspecified atom stereocenters. The highest BCUT2D eigenvalue weighted by Crippen LogP contribution is 2.40. The standard InChI is InChI=1S/C24H24N2O2/c1-6-20-22(25-4)21(23(26(20)5)24(27)28-7-2)18-14-12-17(13-15-18)19-11-9-8-10-16(19)3/h8-15H,6-7H2,1-3,5H3. The van der Waals surface area contributed by atoms with Gasteiger partial charge in [-0.15, -0.1) is 0 Å². The molecule has 0 atom stereocenters.